The SMILES string of the molecule is CCCNC(C)c1ccc(Sc2cnccn2)cc1Br. The molecule has 3 nitrogen and oxygen atoms in total. The Morgan fingerprint density at radius 3 is 2.85 bits per heavy atom. The van der Waals surface area contributed by atoms with Crippen LogP contribution in [0, 0.1) is 0 Å². The van der Waals surface area contributed by atoms with E-state index < -0.39 is 0 Å². The second kappa shape index (κ2) is 7.76. The molecule has 20 heavy (non-hydrogen) atoms. The second-order valence-electron chi connectivity index (χ2n) is 4.50. The van der Waals surface area contributed by atoms with Crippen LogP contribution in [0.15, 0.2) is 51.2 Å². The highest BCUT2D eigenvalue weighted by atomic mass is 79.9. The van der Waals surface area contributed by atoms with Crippen LogP contribution in [0.5, 0.6) is 0 Å². The van der Waals surface area contributed by atoms with Crippen molar-refractivity contribution in [1.82, 2.24) is 15.3 Å². The van der Waals surface area contributed by atoms with Crippen LogP contribution >= 0.6 is 27.7 Å². The van der Waals surface area contributed by atoms with Crippen molar-refractivity contribution in [3.8, 4) is 0 Å². The second-order valence-corrected chi connectivity index (χ2v) is 6.45. The standard InChI is InChI=1S/C15H18BrN3S/c1-3-6-18-11(2)13-5-4-12(9-14(13)16)20-15-10-17-7-8-19-15/h4-5,7-11,18H,3,6H2,1-2H3. The maximum absolute atomic E-state index is 4.27. The normalized spacial score (nSPS) is 12.3. The summed E-state index contributed by atoms with van der Waals surface area (Å²) in [6.45, 7) is 5.39. The van der Waals surface area contributed by atoms with E-state index in [0.29, 0.717) is 6.04 Å². The number of nitrogens with one attached hydrogen (secondary N) is 1. The van der Waals surface area contributed by atoms with E-state index >= 15 is 0 Å². The molecule has 1 N–H and O–H groups in total. The van der Waals surface area contributed by atoms with Crippen LogP contribution in [0.3, 0.4) is 0 Å². The molecule has 1 heterocycles. The first-order chi connectivity index (χ1) is 9.70. The lowest BCUT2D eigenvalue weighted by Gasteiger charge is -2.16. The smallest absolute Gasteiger partial charge is 0.119 e. The van der Waals surface area contributed by atoms with Crippen molar-refractivity contribution >= 4 is 27.7 Å². The Hall–Kier alpha value is -0.910. The lowest BCUT2D eigenvalue weighted by atomic mass is 10.1. The van der Waals surface area contributed by atoms with E-state index in [2.05, 4.69) is 63.3 Å². The van der Waals surface area contributed by atoms with E-state index in [1.54, 1.807) is 30.4 Å². The van der Waals surface area contributed by atoms with Gasteiger partial charge >= 0.3 is 0 Å². The zero-order chi connectivity index (χ0) is 14.4. The molecule has 0 radical (unpaired) electrons. The van der Waals surface area contributed by atoms with Crippen molar-refractivity contribution in [1.29, 1.82) is 0 Å². The quantitative estimate of drug-likeness (QED) is 0.834. The fourth-order valence-corrected chi connectivity index (χ4v) is 3.51. The Bertz CT molecular complexity index is 548. The van der Waals surface area contributed by atoms with Gasteiger partial charge in [0, 0.05) is 27.8 Å². The summed E-state index contributed by atoms with van der Waals surface area (Å²) < 4.78 is 1.13. The van der Waals surface area contributed by atoms with Gasteiger partial charge in [-0.25, -0.2) is 4.98 Å². The van der Waals surface area contributed by atoms with Gasteiger partial charge in [-0.15, -0.1) is 0 Å². The predicted octanol–water partition coefficient (Wildman–Crippen LogP) is 4.45. The fraction of sp³-hybridized carbons (Fsp3) is 0.333. The van der Waals surface area contributed by atoms with Crippen molar-refractivity contribution in [2.24, 2.45) is 0 Å². The van der Waals surface area contributed by atoms with Gasteiger partial charge in [0.1, 0.15) is 5.03 Å². The fourth-order valence-electron chi connectivity index (χ4n) is 1.85. The van der Waals surface area contributed by atoms with Crippen molar-refractivity contribution in [2.75, 3.05) is 6.54 Å². The van der Waals surface area contributed by atoms with E-state index in [1.165, 1.54) is 5.56 Å². The van der Waals surface area contributed by atoms with Crippen molar-refractivity contribution in [3.63, 3.8) is 0 Å². The molecule has 0 spiro atoms. The molecule has 0 saturated carbocycles. The largest absolute Gasteiger partial charge is 0.310 e. The minimum Gasteiger partial charge on any atom is -0.310 e. The Labute approximate surface area is 132 Å². The molecule has 0 aliphatic carbocycles. The molecule has 0 saturated heterocycles. The third-order valence-corrected chi connectivity index (χ3v) is 4.50. The van der Waals surface area contributed by atoms with Gasteiger partial charge in [0.25, 0.3) is 0 Å². The average molecular weight is 352 g/mol. The molecule has 0 amide bonds. The number of benzene rings is 1. The van der Waals surface area contributed by atoms with Crippen molar-refractivity contribution in [2.45, 2.75) is 36.2 Å². The van der Waals surface area contributed by atoms with E-state index in [9.17, 15) is 0 Å². The number of aromatic nitrogens is 2. The zero-order valence-electron chi connectivity index (χ0n) is 11.6. The van der Waals surface area contributed by atoms with Gasteiger partial charge < -0.3 is 5.32 Å². The first-order valence-electron chi connectivity index (χ1n) is 6.67. The number of rotatable bonds is 6. The summed E-state index contributed by atoms with van der Waals surface area (Å²) in [5, 5.41) is 4.41. The van der Waals surface area contributed by atoms with Crippen molar-refractivity contribution in [3.05, 3.63) is 46.8 Å². The van der Waals surface area contributed by atoms with Gasteiger partial charge in [0.05, 0.1) is 6.20 Å². The van der Waals surface area contributed by atoms with Gasteiger partial charge in [-0.05, 0) is 37.6 Å². The topological polar surface area (TPSA) is 37.8 Å². The molecular formula is C15H18BrN3S. The van der Waals surface area contributed by atoms with Gasteiger partial charge in [-0.3, -0.25) is 4.98 Å². The minimum absolute atomic E-state index is 0.347. The summed E-state index contributed by atoms with van der Waals surface area (Å²) in [6, 6.07) is 6.78. The average Bonchev–Trinajstić information content (AvgIpc) is 2.46. The molecule has 0 bridgehead atoms. The van der Waals surface area contributed by atoms with Crippen LogP contribution in [0.4, 0.5) is 0 Å². The first-order valence-corrected chi connectivity index (χ1v) is 8.28. The van der Waals surface area contributed by atoms with Gasteiger partial charge in [-0.1, -0.05) is 40.7 Å². The molecular weight excluding hydrogens is 334 g/mol. The third kappa shape index (κ3) is 4.30. The van der Waals surface area contributed by atoms with Crippen LogP contribution in [0.25, 0.3) is 0 Å². The Morgan fingerprint density at radius 1 is 1.35 bits per heavy atom. The zero-order valence-corrected chi connectivity index (χ0v) is 14.0. The molecule has 1 aromatic heterocycles. The molecule has 106 valence electrons. The Balaban J connectivity index is 2.09. The maximum atomic E-state index is 4.27. The number of halogens is 1. The Kier molecular flexibility index (Phi) is 6.01. The Morgan fingerprint density at radius 2 is 2.20 bits per heavy atom. The summed E-state index contributed by atoms with van der Waals surface area (Å²) in [4.78, 5) is 9.51. The summed E-state index contributed by atoms with van der Waals surface area (Å²) in [5.41, 5.74) is 1.28. The molecule has 0 fully saturated rings. The maximum Gasteiger partial charge on any atom is 0.119 e. The van der Waals surface area contributed by atoms with Crippen LogP contribution in [-0.2, 0) is 0 Å². The van der Waals surface area contributed by atoms with Crippen LogP contribution in [-0.4, -0.2) is 16.5 Å². The summed E-state index contributed by atoms with van der Waals surface area (Å²) in [6.07, 6.45) is 6.31. The molecule has 2 aromatic rings. The molecule has 1 unspecified atom stereocenters. The van der Waals surface area contributed by atoms with E-state index in [4.69, 9.17) is 0 Å². The van der Waals surface area contributed by atoms with E-state index in [0.717, 1.165) is 27.4 Å². The molecule has 1 aromatic carbocycles. The molecule has 5 heteroatoms. The first kappa shape index (κ1) is 15.5. The lowest BCUT2D eigenvalue weighted by molar-refractivity contribution is 0.568. The summed E-state index contributed by atoms with van der Waals surface area (Å²) in [5.74, 6) is 0. The number of nitrogens with zero attached hydrogens (tertiary/aromatic N) is 2. The van der Waals surface area contributed by atoms with Gasteiger partial charge in [-0.2, -0.15) is 0 Å². The minimum atomic E-state index is 0.347. The van der Waals surface area contributed by atoms with Crippen LogP contribution < -0.4 is 5.32 Å². The predicted molar refractivity (Wildman–Crippen MR) is 87.0 cm³/mol. The summed E-state index contributed by atoms with van der Waals surface area (Å²) >= 11 is 5.28. The number of hydrogen-bond donors (Lipinski definition) is 1. The highest BCUT2D eigenvalue weighted by Gasteiger charge is 2.09. The number of hydrogen-bond acceptors (Lipinski definition) is 4. The highest BCUT2D eigenvalue weighted by Crippen LogP contribution is 2.31. The molecule has 1 atom stereocenters. The lowest BCUT2D eigenvalue weighted by Crippen LogP contribution is -2.19. The van der Waals surface area contributed by atoms with Crippen molar-refractivity contribution < 1.29 is 0 Å². The van der Waals surface area contributed by atoms with E-state index in [1.807, 2.05) is 0 Å². The van der Waals surface area contributed by atoms with Crippen LogP contribution in [0.2, 0.25) is 0 Å². The highest BCUT2D eigenvalue weighted by molar-refractivity contribution is 9.10. The van der Waals surface area contributed by atoms with E-state index in [-0.39, 0.29) is 0 Å². The van der Waals surface area contributed by atoms with Gasteiger partial charge in [0.2, 0.25) is 0 Å². The molecule has 0 aliphatic heterocycles. The monoisotopic (exact) mass is 351 g/mol. The van der Waals surface area contributed by atoms with Crippen LogP contribution in [0.1, 0.15) is 31.9 Å². The third-order valence-electron chi connectivity index (χ3n) is 2.90. The summed E-state index contributed by atoms with van der Waals surface area (Å²) in [7, 11) is 0. The molecule has 0 aliphatic rings. The van der Waals surface area contributed by atoms with Gasteiger partial charge in [0.15, 0.2) is 0 Å². The molecule has 2 rings (SSSR count).